The second kappa shape index (κ2) is 6.41. The van der Waals surface area contributed by atoms with Gasteiger partial charge in [0.2, 0.25) is 0 Å². The summed E-state index contributed by atoms with van der Waals surface area (Å²) in [6.45, 7) is 1.68. The third-order valence-corrected chi connectivity index (χ3v) is 3.86. The van der Waals surface area contributed by atoms with E-state index in [0.717, 1.165) is 25.9 Å². The maximum absolute atomic E-state index is 12.7. The van der Waals surface area contributed by atoms with E-state index in [2.05, 4.69) is 15.2 Å². The number of carbonyl (C=O) groups excluding carboxylic acids is 1. The first kappa shape index (κ1) is 15.1. The number of halogens is 1. The van der Waals surface area contributed by atoms with Gasteiger partial charge in [0.1, 0.15) is 5.82 Å². The Kier molecular flexibility index (Phi) is 4.83. The monoisotopic (exact) mass is 296 g/mol. The summed E-state index contributed by atoms with van der Waals surface area (Å²) in [6, 6.07) is 1.98. The van der Waals surface area contributed by atoms with Crippen molar-refractivity contribution in [1.82, 2.24) is 14.8 Å². The van der Waals surface area contributed by atoms with E-state index < -0.39 is 0 Å². The Labute approximate surface area is 124 Å². The fourth-order valence-electron chi connectivity index (χ4n) is 2.61. The second-order valence-electron chi connectivity index (χ2n) is 5.36. The van der Waals surface area contributed by atoms with Crippen LogP contribution in [-0.2, 0) is 0 Å². The number of nitrogens with zero attached hydrogens (tertiary/aromatic N) is 3. The summed E-state index contributed by atoms with van der Waals surface area (Å²) < 4.78 is 0. The van der Waals surface area contributed by atoms with Crippen molar-refractivity contribution in [2.24, 2.45) is 0 Å². The lowest BCUT2D eigenvalue weighted by Crippen LogP contribution is -2.41. The van der Waals surface area contributed by atoms with Crippen LogP contribution in [0.5, 0.6) is 0 Å². The maximum atomic E-state index is 12.7. The SMILES string of the molecule is CNc1cc(C(=O)N2CCCC2CN(C)C)c(Cl)cn1. The largest absolute Gasteiger partial charge is 0.373 e. The van der Waals surface area contributed by atoms with Crippen molar-refractivity contribution in [3.05, 3.63) is 22.8 Å². The van der Waals surface area contributed by atoms with E-state index in [4.69, 9.17) is 11.6 Å². The quantitative estimate of drug-likeness (QED) is 0.922. The molecule has 0 bridgehead atoms. The lowest BCUT2D eigenvalue weighted by molar-refractivity contribution is 0.0716. The first-order chi connectivity index (χ1) is 9.52. The molecule has 1 unspecified atom stereocenters. The molecule has 0 aliphatic carbocycles. The Bertz CT molecular complexity index is 492. The fraction of sp³-hybridized carbons (Fsp3) is 0.571. The number of hydrogen-bond acceptors (Lipinski definition) is 4. The molecule has 1 saturated heterocycles. The normalized spacial score (nSPS) is 18.6. The Hall–Kier alpha value is -1.33. The number of nitrogens with one attached hydrogen (secondary N) is 1. The van der Waals surface area contributed by atoms with Gasteiger partial charge in [-0.3, -0.25) is 4.79 Å². The molecule has 2 heterocycles. The van der Waals surface area contributed by atoms with Crippen molar-refractivity contribution >= 4 is 23.3 Å². The number of pyridine rings is 1. The molecule has 110 valence electrons. The highest BCUT2D eigenvalue weighted by atomic mass is 35.5. The fourth-order valence-corrected chi connectivity index (χ4v) is 2.79. The molecular weight excluding hydrogens is 276 g/mol. The molecule has 2 rings (SSSR count). The van der Waals surface area contributed by atoms with Gasteiger partial charge in [-0.2, -0.15) is 0 Å². The minimum Gasteiger partial charge on any atom is -0.373 e. The third-order valence-electron chi connectivity index (χ3n) is 3.56. The molecule has 1 atom stereocenters. The molecule has 1 aromatic rings. The predicted octanol–water partition coefficient (Wildman–Crippen LogP) is 1.94. The number of rotatable bonds is 4. The average molecular weight is 297 g/mol. The summed E-state index contributed by atoms with van der Waals surface area (Å²) in [5.41, 5.74) is 0.525. The number of aromatic nitrogens is 1. The topological polar surface area (TPSA) is 48.5 Å². The van der Waals surface area contributed by atoms with Crippen molar-refractivity contribution in [2.45, 2.75) is 18.9 Å². The minimum atomic E-state index is -0.00162. The van der Waals surface area contributed by atoms with Crippen LogP contribution >= 0.6 is 11.6 Å². The molecule has 1 aliphatic rings. The summed E-state index contributed by atoms with van der Waals surface area (Å²) in [5, 5.41) is 3.34. The van der Waals surface area contributed by atoms with Crippen LogP contribution in [0, 0.1) is 0 Å². The Morgan fingerprint density at radius 1 is 1.60 bits per heavy atom. The van der Waals surface area contributed by atoms with Gasteiger partial charge >= 0.3 is 0 Å². The van der Waals surface area contributed by atoms with Crippen molar-refractivity contribution in [2.75, 3.05) is 39.5 Å². The zero-order valence-corrected chi connectivity index (χ0v) is 12.9. The van der Waals surface area contributed by atoms with Crippen LogP contribution in [0.4, 0.5) is 5.82 Å². The Morgan fingerprint density at radius 2 is 2.35 bits per heavy atom. The van der Waals surface area contributed by atoms with Crippen LogP contribution in [0.2, 0.25) is 5.02 Å². The summed E-state index contributed by atoms with van der Waals surface area (Å²) in [4.78, 5) is 20.9. The molecule has 5 nitrogen and oxygen atoms in total. The van der Waals surface area contributed by atoms with Gasteiger partial charge in [0.05, 0.1) is 10.6 Å². The highest BCUT2D eigenvalue weighted by molar-refractivity contribution is 6.33. The lowest BCUT2D eigenvalue weighted by atomic mass is 10.2. The van der Waals surface area contributed by atoms with Crippen LogP contribution in [0.1, 0.15) is 23.2 Å². The molecule has 0 aromatic carbocycles. The molecule has 1 fully saturated rings. The summed E-state index contributed by atoms with van der Waals surface area (Å²) in [5.74, 6) is 0.652. The van der Waals surface area contributed by atoms with Gasteiger partial charge in [-0.25, -0.2) is 4.98 Å². The molecule has 20 heavy (non-hydrogen) atoms. The van der Waals surface area contributed by atoms with Crippen LogP contribution in [0.3, 0.4) is 0 Å². The second-order valence-corrected chi connectivity index (χ2v) is 5.76. The highest BCUT2D eigenvalue weighted by Crippen LogP contribution is 2.25. The van der Waals surface area contributed by atoms with Gasteiger partial charge in [-0.05, 0) is 33.0 Å². The Morgan fingerprint density at radius 3 is 3.00 bits per heavy atom. The number of likely N-dealkylation sites (N-methyl/N-ethyl adjacent to an activating group) is 1. The van der Waals surface area contributed by atoms with Crippen molar-refractivity contribution in [3.8, 4) is 0 Å². The van der Waals surface area contributed by atoms with E-state index in [0.29, 0.717) is 16.4 Å². The molecule has 1 aliphatic heterocycles. The van der Waals surface area contributed by atoms with Crippen molar-refractivity contribution in [3.63, 3.8) is 0 Å². The molecule has 6 heteroatoms. The van der Waals surface area contributed by atoms with Crippen LogP contribution in [0.25, 0.3) is 0 Å². The zero-order valence-electron chi connectivity index (χ0n) is 12.2. The molecular formula is C14H21ClN4O. The average Bonchev–Trinajstić information content (AvgIpc) is 2.86. The Balaban J connectivity index is 2.22. The number of carbonyl (C=O) groups is 1. The van der Waals surface area contributed by atoms with Gasteiger partial charge in [-0.15, -0.1) is 0 Å². The van der Waals surface area contributed by atoms with Gasteiger partial charge in [-0.1, -0.05) is 11.6 Å². The molecule has 1 N–H and O–H groups in total. The lowest BCUT2D eigenvalue weighted by Gasteiger charge is -2.27. The van der Waals surface area contributed by atoms with Crippen LogP contribution < -0.4 is 5.32 Å². The standard InChI is InChI=1S/C14H21ClN4O/c1-16-13-7-11(12(15)8-17-13)14(20)19-6-4-5-10(19)9-18(2)3/h7-8,10H,4-6,9H2,1-3H3,(H,16,17). The third kappa shape index (κ3) is 3.22. The number of hydrogen-bond donors (Lipinski definition) is 1. The van der Waals surface area contributed by atoms with E-state index in [1.807, 2.05) is 19.0 Å². The summed E-state index contributed by atoms with van der Waals surface area (Å²) >= 11 is 6.13. The van der Waals surface area contributed by atoms with Gasteiger partial charge in [0.25, 0.3) is 5.91 Å². The summed E-state index contributed by atoms with van der Waals surface area (Å²) in [6.07, 6.45) is 3.62. The van der Waals surface area contributed by atoms with Gasteiger partial charge in [0.15, 0.2) is 0 Å². The maximum Gasteiger partial charge on any atom is 0.255 e. The molecule has 0 saturated carbocycles. The number of amides is 1. The molecule has 0 spiro atoms. The van der Waals surface area contributed by atoms with Crippen molar-refractivity contribution < 1.29 is 4.79 Å². The highest BCUT2D eigenvalue weighted by Gasteiger charge is 2.30. The van der Waals surface area contributed by atoms with E-state index in [9.17, 15) is 4.79 Å². The molecule has 0 radical (unpaired) electrons. The number of anilines is 1. The predicted molar refractivity (Wildman–Crippen MR) is 81.4 cm³/mol. The van der Waals surface area contributed by atoms with E-state index in [1.54, 1.807) is 13.1 Å². The van der Waals surface area contributed by atoms with Crippen LogP contribution in [0.15, 0.2) is 12.3 Å². The first-order valence-corrected chi connectivity index (χ1v) is 7.19. The summed E-state index contributed by atoms with van der Waals surface area (Å²) in [7, 11) is 5.83. The van der Waals surface area contributed by atoms with Crippen molar-refractivity contribution in [1.29, 1.82) is 0 Å². The zero-order chi connectivity index (χ0) is 14.7. The van der Waals surface area contributed by atoms with Crippen LogP contribution in [-0.4, -0.2) is 61.0 Å². The van der Waals surface area contributed by atoms with Gasteiger partial charge < -0.3 is 15.1 Å². The first-order valence-electron chi connectivity index (χ1n) is 6.82. The van der Waals surface area contributed by atoms with E-state index in [1.165, 1.54) is 6.20 Å². The van der Waals surface area contributed by atoms with E-state index in [-0.39, 0.29) is 11.9 Å². The minimum absolute atomic E-state index is 0.00162. The molecule has 1 amide bonds. The smallest absolute Gasteiger partial charge is 0.255 e. The molecule has 1 aromatic heterocycles. The van der Waals surface area contributed by atoms with E-state index >= 15 is 0 Å². The van der Waals surface area contributed by atoms with Gasteiger partial charge in [0, 0.05) is 32.4 Å². The number of likely N-dealkylation sites (tertiary alicyclic amines) is 1.